The Balaban J connectivity index is 1.30. The Morgan fingerprint density at radius 2 is 1.58 bits per heavy atom. The summed E-state index contributed by atoms with van der Waals surface area (Å²) in [6, 6.07) is 0.488. The van der Waals surface area contributed by atoms with E-state index < -0.39 is 0 Å². The van der Waals surface area contributed by atoms with Crippen molar-refractivity contribution < 1.29 is 0 Å². The van der Waals surface area contributed by atoms with Gasteiger partial charge in [0.05, 0.1) is 0 Å². The van der Waals surface area contributed by atoms with Crippen molar-refractivity contribution in [2.75, 3.05) is 39.3 Å². The van der Waals surface area contributed by atoms with E-state index in [0.717, 1.165) is 11.8 Å². The lowest BCUT2D eigenvalue weighted by atomic mass is 9.96. The average molecular weight is 265 g/mol. The van der Waals surface area contributed by atoms with Crippen LogP contribution in [0.2, 0.25) is 0 Å². The molecule has 0 spiro atoms. The first kappa shape index (κ1) is 13.8. The van der Waals surface area contributed by atoms with Crippen molar-refractivity contribution in [2.45, 2.75) is 51.0 Å². The summed E-state index contributed by atoms with van der Waals surface area (Å²) in [6.45, 7) is 7.96. The Labute approximate surface area is 118 Å². The lowest BCUT2D eigenvalue weighted by Crippen LogP contribution is -2.40. The summed E-state index contributed by atoms with van der Waals surface area (Å²) in [4.78, 5) is 5.34. The highest BCUT2D eigenvalue weighted by Gasteiger charge is 2.29. The molecule has 2 aliphatic heterocycles. The molecule has 0 aromatic rings. The van der Waals surface area contributed by atoms with Crippen LogP contribution in [0.15, 0.2) is 0 Å². The van der Waals surface area contributed by atoms with Crippen LogP contribution in [0.5, 0.6) is 0 Å². The monoisotopic (exact) mass is 265 g/mol. The van der Waals surface area contributed by atoms with Crippen molar-refractivity contribution in [2.24, 2.45) is 17.6 Å². The summed E-state index contributed by atoms with van der Waals surface area (Å²) in [5.41, 5.74) is 6.20. The number of hydrogen-bond donors (Lipinski definition) is 1. The Morgan fingerprint density at radius 1 is 0.895 bits per heavy atom. The molecule has 3 nitrogen and oxygen atoms in total. The molecule has 110 valence electrons. The molecule has 3 rings (SSSR count). The van der Waals surface area contributed by atoms with Gasteiger partial charge < -0.3 is 15.5 Å². The van der Waals surface area contributed by atoms with Crippen LogP contribution in [0.3, 0.4) is 0 Å². The molecular weight excluding hydrogens is 234 g/mol. The molecule has 0 amide bonds. The summed E-state index contributed by atoms with van der Waals surface area (Å²) in [7, 11) is 0. The lowest BCUT2D eigenvalue weighted by molar-refractivity contribution is 0.150. The fraction of sp³-hybridized carbons (Fsp3) is 1.00. The van der Waals surface area contributed by atoms with E-state index in [2.05, 4.69) is 9.80 Å². The van der Waals surface area contributed by atoms with Crippen LogP contribution in [-0.4, -0.2) is 55.1 Å². The molecule has 2 saturated heterocycles. The second-order valence-corrected chi connectivity index (χ2v) is 7.08. The molecule has 1 unspecified atom stereocenters. The first-order valence-corrected chi connectivity index (χ1v) is 8.51. The van der Waals surface area contributed by atoms with Gasteiger partial charge >= 0.3 is 0 Å². The third kappa shape index (κ3) is 4.17. The summed E-state index contributed by atoms with van der Waals surface area (Å²) in [5, 5.41) is 0. The second kappa shape index (κ2) is 6.55. The van der Waals surface area contributed by atoms with Gasteiger partial charge in [-0.3, -0.25) is 0 Å². The molecule has 1 atom stereocenters. The highest BCUT2D eigenvalue weighted by atomic mass is 15.2. The van der Waals surface area contributed by atoms with Gasteiger partial charge in [-0.2, -0.15) is 0 Å². The molecule has 0 aromatic heterocycles. The predicted octanol–water partition coefficient (Wildman–Crippen LogP) is 1.92. The third-order valence-electron chi connectivity index (χ3n) is 5.43. The molecule has 0 bridgehead atoms. The normalized spacial score (nSPS) is 28.9. The quantitative estimate of drug-likeness (QED) is 0.796. The Bertz CT molecular complexity index is 263. The first-order valence-electron chi connectivity index (χ1n) is 8.51. The highest BCUT2D eigenvalue weighted by molar-refractivity contribution is 4.85. The van der Waals surface area contributed by atoms with Crippen molar-refractivity contribution in [3.05, 3.63) is 0 Å². The van der Waals surface area contributed by atoms with E-state index in [1.807, 2.05) is 0 Å². The van der Waals surface area contributed by atoms with Crippen LogP contribution >= 0.6 is 0 Å². The number of rotatable bonds is 6. The standard InChI is InChI=1S/C16H31N3/c17-16(15-3-4-15)7-12-18-10-5-14(6-11-18)13-19-8-1-2-9-19/h14-16H,1-13,17H2. The number of nitrogens with zero attached hydrogens (tertiary/aromatic N) is 2. The van der Waals surface area contributed by atoms with Crippen molar-refractivity contribution in [3.8, 4) is 0 Å². The minimum Gasteiger partial charge on any atom is -0.327 e. The molecule has 2 heterocycles. The first-order chi connectivity index (χ1) is 9.31. The number of nitrogens with two attached hydrogens (primary N) is 1. The van der Waals surface area contributed by atoms with Crippen molar-refractivity contribution in [1.29, 1.82) is 0 Å². The highest BCUT2D eigenvalue weighted by Crippen LogP contribution is 2.33. The summed E-state index contributed by atoms with van der Waals surface area (Å²) < 4.78 is 0. The molecule has 0 aromatic carbocycles. The molecule has 3 fully saturated rings. The maximum absolute atomic E-state index is 6.20. The molecule has 2 N–H and O–H groups in total. The van der Waals surface area contributed by atoms with Crippen molar-refractivity contribution in [3.63, 3.8) is 0 Å². The fourth-order valence-corrected chi connectivity index (χ4v) is 3.81. The van der Waals surface area contributed by atoms with Gasteiger partial charge in [-0.25, -0.2) is 0 Å². The maximum Gasteiger partial charge on any atom is 0.00793 e. The van der Waals surface area contributed by atoms with Crippen LogP contribution < -0.4 is 5.73 Å². The van der Waals surface area contributed by atoms with Crippen molar-refractivity contribution in [1.82, 2.24) is 9.80 Å². The molecule has 1 saturated carbocycles. The van der Waals surface area contributed by atoms with Gasteiger partial charge in [0.1, 0.15) is 0 Å². The SMILES string of the molecule is NC(CCN1CCC(CN2CCCC2)CC1)C1CC1. The van der Waals surface area contributed by atoms with Gasteiger partial charge in [-0.1, -0.05) is 0 Å². The molecule has 19 heavy (non-hydrogen) atoms. The molecule has 3 aliphatic rings. The zero-order chi connectivity index (χ0) is 13.1. The predicted molar refractivity (Wildman–Crippen MR) is 80.2 cm³/mol. The van der Waals surface area contributed by atoms with Crippen LogP contribution in [0.25, 0.3) is 0 Å². The van der Waals surface area contributed by atoms with Crippen LogP contribution in [0.4, 0.5) is 0 Å². The minimum atomic E-state index is 0.488. The van der Waals surface area contributed by atoms with Crippen LogP contribution in [-0.2, 0) is 0 Å². The van der Waals surface area contributed by atoms with Crippen LogP contribution in [0.1, 0.15) is 44.9 Å². The zero-order valence-electron chi connectivity index (χ0n) is 12.4. The van der Waals surface area contributed by atoms with Gasteiger partial charge in [0.15, 0.2) is 0 Å². The van der Waals surface area contributed by atoms with Gasteiger partial charge in [-0.05, 0) is 89.5 Å². The van der Waals surface area contributed by atoms with E-state index in [1.165, 1.54) is 84.2 Å². The van der Waals surface area contributed by atoms with Gasteiger partial charge in [0.25, 0.3) is 0 Å². The van der Waals surface area contributed by atoms with Crippen molar-refractivity contribution >= 4 is 0 Å². The topological polar surface area (TPSA) is 32.5 Å². The van der Waals surface area contributed by atoms with E-state index in [4.69, 9.17) is 5.73 Å². The van der Waals surface area contributed by atoms with Gasteiger partial charge in [0.2, 0.25) is 0 Å². The Morgan fingerprint density at radius 3 is 2.21 bits per heavy atom. The lowest BCUT2D eigenvalue weighted by Gasteiger charge is -2.34. The third-order valence-corrected chi connectivity index (χ3v) is 5.43. The Kier molecular flexibility index (Phi) is 4.78. The molecule has 0 radical (unpaired) electrons. The van der Waals surface area contributed by atoms with E-state index >= 15 is 0 Å². The maximum atomic E-state index is 6.20. The number of piperidine rings is 1. The Hall–Kier alpha value is -0.120. The van der Waals surface area contributed by atoms with Gasteiger partial charge in [-0.15, -0.1) is 0 Å². The van der Waals surface area contributed by atoms with E-state index in [0.29, 0.717) is 6.04 Å². The smallest absolute Gasteiger partial charge is 0.00793 e. The van der Waals surface area contributed by atoms with Crippen LogP contribution in [0, 0.1) is 11.8 Å². The van der Waals surface area contributed by atoms with Gasteiger partial charge in [0, 0.05) is 12.6 Å². The number of hydrogen-bond acceptors (Lipinski definition) is 3. The second-order valence-electron chi connectivity index (χ2n) is 7.08. The van der Waals surface area contributed by atoms with E-state index in [-0.39, 0.29) is 0 Å². The number of likely N-dealkylation sites (tertiary alicyclic amines) is 2. The largest absolute Gasteiger partial charge is 0.327 e. The minimum absolute atomic E-state index is 0.488. The average Bonchev–Trinajstić information content (AvgIpc) is 3.17. The van der Waals surface area contributed by atoms with E-state index in [1.54, 1.807) is 0 Å². The molecule has 3 heteroatoms. The fourth-order valence-electron chi connectivity index (χ4n) is 3.81. The van der Waals surface area contributed by atoms with E-state index in [9.17, 15) is 0 Å². The zero-order valence-corrected chi connectivity index (χ0v) is 12.4. The molecule has 1 aliphatic carbocycles. The summed E-state index contributed by atoms with van der Waals surface area (Å²) >= 11 is 0. The summed E-state index contributed by atoms with van der Waals surface area (Å²) in [6.07, 6.45) is 9.68. The summed E-state index contributed by atoms with van der Waals surface area (Å²) in [5.74, 6) is 1.83. The molecular formula is C16H31N3.